The van der Waals surface area contributed by atoms with Crippen LogP contribution in [0.4, 0.5) is 5.69 Å². The summed E-state index contributed by atoms with van der Waals surface area (Å²) in [5, 5.41) is 3.78. The molecule has 124 valence electrons. The van der Waals surface area contributed by atoms with E-state index in [4.69, 9.17) is 0 Å². The summed E-state index contributed by atoms with van der Waals surface area (Å²) in [7, 11) is 1.43. The molecule has 0 atom stereocenters. The Kier molecular flexibility index (Phi) is 3.40. The van der Waals surface area contributed by atoms with Crippen LogP contribution in [-0.4, -0.2) is 34.7 Å². The number of nitrogens with one attached hydrogen (secondary N) is 1. The van der Waals surface area contributed by atoms with Gasteiger partial charge in [-0.2, -0.15) is 0 Å². The van der Waals surface area contributed by atoms with Gasteiger partial charge in [0.15, 0.2) is 0 Å². The lowest BCUT2D eigenvalue weighted by molar-refractivity contribution is 0.0693. The molecule has 0 saturated carbocycles. The molecule has 1 aliphatic heterocycles. The summed E-state index contributed by atoms with van der Waals surface area (Å²) in [6.45, 7) is 1.93. The van der Waals surface area contributed by atoms with E-state index in [1.54, 1.807) is 23.5 Å². The maximum atomic E-state index is 12.5. The molecule has 0 radical (unpaired) electrons. The highest BCUT2D eigenvalue weighted by Gasteiger charge is 2.33. The lowest BCUT2D eigenvalue weighted by Gasteiger charge is -2.06. The molecule has 0 fully saturated rings. The molecule has 25 heavy (non-hydrogen) atoms. The van der Waals surface area contributed by atoms with Gasteiger partial charge in [-0.1, -0.05) is 0 Å². The van der Waals surface area contributed by atoms with Gasteiger partial charge in [-0.25, -0.2) is 4.98 Å². The fraction of sp³-hybridized carbons (Fsp3) is 0.111. The molecule has 0 spiro atoms. The first-order valence-corrected chi connectivity index (χ1v) is 8.40. The smallest absolute Gasteiger partial charge is 0.261 e. The van der Waals surface area contributed by atoms with E-state index in [2.05, 4.69) is 10.3 Å². The van der Waals surface area contributed by atoms with E-state index < -0.39 is 5.91 Å². The summed E-state index contributed by atoms with van der Waals surface area (Å²) >= 11 is 1.56. The minimum atomic E-state index is -0.392. The number of imide groups is 1. The Morgan fingerprint density at radius 1 is 1.08 bits per heavy atom. The molecule has 2 heterocycles. The number of benzene rings is 2. The lowest BCUT2D eigenvalue weighted by Crippen LogP contribution is -2.24. The van der Waals surface area contributed by atoms with Gasteiger partial charge in [-0.3, -0.25) is 19.3 Å². The Labute approximate surface area is 147 Å². The maximum absolute atomic E-state index is 12.5. The van der Waals surface area contributed by atoms with Crippen LogP contribution in [0.15, 0.2) is 36.4 Å². The number of hydrogen-bond acceptors (Lipinski definition) is 5. The molecule has 0 unspecified atom stereocenters. The van der Waals surface area contributed by atoms with E-state index in [0.29, 0.717) is 16.8 Å². The van der Waals surface area contributed by atoms with Crippen LogP contribution in [0.2, 0.25) is 0 Å². The highest BCUT2D eigenvalue weighted by atomic mass is 32.1. The molecule has 2 aromatic carbocycles. The Bertz CT molecular complexity index is 1070. The minimum absolute atomic E-state index is 0.258. The Morgan fingerprint density at radius 3 is 2.64 bits per heavy atom. The molecule has 1 aliphatic rings. The molecule has 6 nitrogen and oxygen atoms in total. The van der Waals surface area contributed by atoms with Gasteiger partial charge in [-0.15, -0.1) is 11.3 Å². The summed E-state index contributed by atoms with van der Waals surface area (Å²) in [6.07, 6.45) is 0. The van der Waals surface area contributed by atoms with E-state index in [0.717, 1.165) is 20.1 Å². The van der Waals surface area contributed by atoms with Gasteiger partial charge in [-0.05, 0) is 43.3 Å². The first-order chi connectivity index (χ1) is 11.9. The zero-order chi connectivity index (χ0) is 17.7. The number of hydrogen-bond donors (Lipinski definition) is 1. The second-order valence-electron chi connectivity index (χ2n) is 5.80. The Hall–Kier alpha value is -3.06. The fourth-order valence-corrected chi connectivity index (χ4v) is 3.69. The van der Waals surface area contributed by atoms with Crippen molar-refractivity contribution in [3.63, 3.8) is 0 Å². The van der Waals surface area contributed by atoms with Crippen LogP contribution in [0.3, 0.4) is 0 Å². The van der Waals surface area contributed by atoms with E-state index in [9.17, 15) is 14.4 Å². The van der Waals surface area contributed by atoms with Gasteiger partial charge in [0.25, 0.3) is 17.7 Å². The number of amides is 3. The second kappa shape index (κ2) is 5.49. The fourth-order valence-electron chi connectivity index (χ4n) is 2.82. The zero-order valence-electron chi connectivity index (χ0n) is 13.5. The van der Waals surface area contributed by atoms with Gasteiger partial charge >= 0.3 is 0 Å². The largest absolute Gasteiger partial charge is 0.322 e. The highest BCUT2D eigenvalue weighted by molar-refractivity contribution is 7.18. The predicted molar refractivity (Wildman–Crippen MR) is 95.2 cm³/mol. The topological polar surface area (TPSA) is 79.4 Å². The molecule has 0 bridgehead atoms. The zero-order valence-corrected chi connectivity index (χ0v) is 14.3. The van der Waals surface area contributed by atoms with Crippen molar-refractivity contribution < 1.29 is 14.4 Å². The van der Waals surface area contributed by atoms with E-state index >= 15 is 0 Å². The molecule has 3 aromatic rings. The number of carbonyl (C=O) groups excluding carboxylic acids is 3. The van der Waals surface area contributed by atoms with Gasteiger partial charge in [0.1, 0.15) is 0 Å². The SMILES string of the molecule is Cc1nc2ccc(NC(=O)c3ccc4c(c3)C(=O)N(C)C4=O)cc2s1. The third-order valence-corrected chi connectivity index (χ3v) is 5.04. The summed E-state index contributed by atoms with van der Waals surface area (Å²) < 4.78 is 0.992. The van der Waals surface area contributed by atoms with E-state index in [1.165, 1.54) is 19.2 Å². The predicted octanol–water partition coefficient (Wildman–Crippen LogP) is 3.08. The molecule has 0 saturated heterocycles. The molecule has 4 rings (SSSR count). The van der Waals surface area contributed by atoms with Crippen LogP contribution >= 0.6 is 11.3 Å². The standard InChI is InChI=1S/C18H13N3O3S/c1-9-19-14-6-4-11(8-15(14)25-9)20-16(22)10-3-5-12-13(7-10)18(24)21(2)17(12)23/h3-8H,1-2H3,(H,20,22). The first kappa shape index (κ1) is 15.5. The minimum Gasteiger partial charge on any atom is -0.322 e. The highest BCUT2D eigenvalue weighted by Crippen LogP contribution is 2.26. The van der Waals surface area contributed by atoms with Crippen LogP contribution in [0.1, 0.15) is 36.1 Å². The van der Waals surface area contributed by atoms with Crippen LogP contribution in [-0.2, 0) is 0 Å². The molecule has 1 N–H and O–H groups in total. The van der Waals surface area contributed by atoms with Gasteiger partial charge in [0.05, 0.1) is 26.4 Å². The van der Waals surface area contributed by atoms with Crippen molar-refractivity contribution in [2.45, 2.75) is 6.92 Å². The molecule has 3 amide bonds. The van der Waals surface area contributed by atoms with Gasteiger partial charge in [0.2, 0.25) is 0 Å². The van der Waals surface area contributed by atoms with Crippen molar-refractivity contribution in [3.8, 4) is 0 Å². The van der Waals surface area contributed by atoms with Crippen LogP contribution in [0, 0.1) is 6.92 Å². The van der Waals surface area contributed by atoms with E-state index in [1.807, 2.05) is 19.1 Å². The summed E-state index contributed by atoms with van der Waals surface area (Å²) in [5.41, 5.74) is 2.46. The van der Waals surface area contributed by atoms with Crippen molar-refractivity contribution >= 4 is 45.0 Å². The van der Waals surface area contributed by atoms with Crippen LogP contribution < -0.4 is 5.32 Å². The molecule has 7 heteroatoms. The number of thiazole rings is 1. The van der Waals surface area contributed by atoms with Crippen molar-refractivity contribution in [3.05, 3.63) is 58.1 Å². The van der Waals surface area contributed by atoms with E-state index in [-0.39, 0.29) is 17.4 Å². The molecule has 0 aliphatic carbocycles. The van der Waals surface area contributed by atoms with Crippen LogP contribution in [0.5, 0.6) is 0 Å². The summed E-state index contributed by atoms with van der Waals surface area (Å²) in [5.74, 6) is -1.08. The van der Waals surface area contributed by atoms with Crippen molar-refractivity contribution in [1.29, 1.82) is 0 Å². The average Bonchev–Trinajstić information content (AvgIpc) is 3.07. The maximum Gasteiger partial charge on any atom is 0.261 e. The molecular weight excluding hydrogens is 338 g/mol. The van der Waals surface area contributed by atoms with Crippen molar-refractivity contribution in [1.82, 2.24) is 9.88 Å². The number of aryl methyl sites for hydroxylation is 1. The normalized spacial score (nSPS) is 13.4. The third kappa shape index (κ3) is 2.49. The average molecular weight is 351 g/mol. The number of rotatable bonds is 2. The Balaban J connectivity index is 1.63. The number of aromatic nitrogens is 1. The summed E-state index contributed by atoms with van der Waals surface area (Å²) in [6, 6.07) is 10.0. The monoisotopic (exact) mass is 351 g/mol. The number of carbonyl (C=O) groups is 3. The Morgan fingerprint density at radius 2 is 1.84 bits per heavy atom. The molecular formula is C18H13N3O3S. The number of nitrogens with zero attached hydrogens (tertiary/aromatic N) is 2. The van der Waals surface area contributed by atoms with Gasteiger partial charge < -0.3 is 5.32 Å². The van der Waals surface area contributed by atoms with Gasteiger partial charge in [0, 0.05) is 18.3 Å². The lowest BCUT2D eigenvalue weighted by atomic mass is 10.1. The quantitative estimate of drug-likeness (QED) is 0.720. The van der Waals surface area contributed by atoms with Crippen LogP contribution in [0.25, 0.3) is 10.2 Å². The summed E-state index contributed by atoms with van der Waals surface area (Å²) in [4.78, 5) is 41.9. The van der Waals surface area contributed by atoms with Crippen molar-refractivity contribution in [2.75, 3.05) is 12.4 Å². The van der Waals surface area contributed by atoms with Crippen molar-refractivity contribution in [2.24, 2.45) is 0 Å². The number of anilines is 1. The third-order valence-electron chi connectivity index (χ3n) is 4.11. The number of fused-ring (bicyclic) bond motifs is 2. The second-order valence-corrected chi connectivity index (χ2v) is 7.03. The molecule has 1 aromatic heterocycles. The first-order valence-electron chi connectivity index (χ1n) is 7.59.